The summed E-state index contributed by atoms with van der Waals surface area (Å²) in [7, 11) is 0. The van der Waals surface area contributed by atoms with Crippen LogP contribution in [-0.4, -0.2) is 10.7 Å². The average molecular weight is 524 g/mol. The molecule has 1 aromatic heterocycles. The van der Waals surface area contributed by atoms with E-state index >= 15 is 0 Å². The fourth-order valence-corrected chi connectivity index (χ4v) is 6.68. The van der Waals surface area contributed by atoms with Crippen LogP contribution in [0.4, 0.5) is 5.13 Å². The summed E-state index contributed by atoms with van der Waals surface area (Å²) in [5.41, 5.74) is 9.68. The minimum Gasteiger partial charge on any atom is -0.231 e. The molecule has 0 N–H and O–H groups in total. The average Bonchev–Trinajstić information content (AvgIpc) is 3.65. The van der Waals surface area contributed by atoms with E-state index in [0.717, 1.165) is 29.2 Å². The molecule has 1 aliphatic carbocycles. The summed E-state index contributed by atoms with van der Waals surface area (Å²) >= 11 is 1.68. The molecule has 4 heteroatoms. The van der Waals surface area contributed by atoms with Gasteiger partial charge in [-0.25, -0.2) is 9.99 Å². The topological polar surface area (TPSA) is 28.5 Å². The Bertz CT molecular complexity index is 1620. The van der Waals surface area contributed by atoms with E-state index in [4.69, 9.17) is 10.1 Å². The van der Waals surface area contributed by atoms with Crippen molar-refractivity contribution in [2.75, 3.05) is 5.01 Å². The molecule has 2 heterocycles. The van der Waals surface area contributed by atoms with Crippen molar-refractivity contribution in [3.05, 3.63) is 137 Å². The molecular weight excluding hydrogens is 494 g/mol. The van der Waals surface area contributed by atoms with Crippen molar-refractivity contribution in [1.82, 2.24) is 4.98 Å². The van der Waals surface area contributed by atoms with Crippen LogP contribution < -0.4 is 5.01 Å². The zero-order valence-electron chi connectivity index (χ0n) is 21.7. The minimum atomic E-state index is 0.153. The van der Waals surface area contributed by atoms with Gasteiger partial charge < -0.3 is 0 Å². The maximum atomic E-state index is 5.31. The van der Waals surface area contributed by atoms with Gasteiger partial charge >= 0.3 is 0 Å². The zero-order chi connectivity index (χ0) is 26.0. The molecule has 0 amide bonds. The third-order valence-electron chi connectivity index (χ3n) is 7.76. The lowest BCUT2D eigenvalue weighted by atomic mass is 9.77. The second-order valence-corrected chi connectivity index (χ2v) is 11.1. The van der Waals surface area contributed by atoms with Crippen molar-refractivity contribution in [2.45, 2.75) is 25.3 Å². The molecule has 2 atom stereocenters. The molecule has 4 aromatic carbocycles. The van der Waals surface area contributed by atoms with Gasteiger partial charge in [0, 0.05) is 16.9 Å². The molecule has 0 spiro atoms. The number of hydrogen-bond acceptors (Lipinski definition) is 4. The highest BCUT2D eigenvalue weighted by Gasteiger charge is 2.42. The Kier molecular flexibility index (Phi) is 6.39. The van der Waals surface area contributed by atoms with Crippen molar-refractivity contribution < 1.29 is 0 Å². The van der Waals surface area contributed by atoms with Crippen molar-refractivity contribution in [1.29, 1.82) is 0 Å². The van der Waals surface area contributed by atoms with Gasteiger partial charge in [0.25, 0.3) is 0 Å². The first-order valence-corrected chi connectivity index (χ1v) is 14.5. The third kappa shape index (κ3) is 4.73. The van der Waals surface area contributed by atoms with Gasteiger partial charge in [0.2, 0.25) is 5.13 Å². The monoisotopic (exact) mass is 523 g/mol. The van der Waals surface area contributed by atoms with Gasteiger partial charge in [-0.15, -0.1) is 11.3 Å². The lowest BCUT2D eigenvalue weighted by molar-refractivity contribution is 0.487. The highest BCUT2D eigenvalue weighted by atomic mass is 32.1. The summed E-state index contributed by atoms with van der Waals surface area (Å²) in [5, 5.41) is 10.6. The Balaban J connectivity index is 1.24. The van der Waals surface area contributed by atoms with Gasteiger partial charge in [-0.05, 0) is 53.2 Å². The molecule has 190 valence electrons. The Morgan fingerprint density at radius 3 is 2.10 bits per heavy atom. The third-order valence-corrected chi connectivity index (χ3v) is 8.59. The van der Waals surface area contributed by atoms with E-state index in [9.17, 15) is 0 Å². The smallest absolute Gasteiger partial charge is 0.207 e. The van der Waals surface area contributed by atoms with E-state index in [2.05, 4.69) is 132 Å². The van der Waals surface area contributed by atoms with Crippen LogP contribution in [0, 0.1) is 5.92 Å². The fraction of sp³-hybridized carbons (Fsp3) is 0.143. The Morgan fingerprint density at radius 1 is 0.718 bits per heavy atom. The van der Waals surface area contributed by atoms with Gasteiger partial charge in [0.05, 0.1) is 17.4 Å². The molecule has 39 heavy (non-hydrogen) atoms. The first-order chi connectivity index (χ1) is 19.3. The Labute approximate surface area is 233 Å². The maximum Gasteiger partial charge on any atom is 0.207 e. The molecule has 0 saturated heterocycles. The number of aromatic nitrogens is 1. The number of thiazole rings is 1. The molecule has 1 saturated carbocycles. The van der Waals surface area contributed by atoms with E-state index in [1.54, 1.807) is 11.3 Å². The highest BCUT2D eigenvalue weighted by Crippen LogP contribution is 2.47. The van der Waals surface area contributed by atoms with Crippen LogP contribution in [0.25, 0.3) is 28.5 Å². The second kappa shape index (κ2) is 10.5. The number of benzene rings is 4. The molecule has 5 aromatic rings. The van der Waals surface area contributed by atoms with Crippen LogP contribution >= 0.6 is 11.3 Å². The van der Waals surface area contributed by atoms with Crippen molar-refractivity contribution in [2.24, 2.45) is 11.0 Å². The number of hydrazone groups is 1. The molecule has 7 rings (SSSR count). The number of anilines is 1. The minimum absolute atomic E-state index is 0.153. The van der Waals surface area contributed by atoms with Crippen LogP contribution in [0.1, 0.15) is 36.4 Å². The SMILES string of the molecule is C(=C1\CCCC2C1=NN(c1nc(-c3ccc(-c4ccccc4)cc3)cs1)C2c1ccccc1)/c1ccccc1. The normalized spacial score (nSPS) is 19.6. The van der Waals surface area contributed by atoms with E-state index in [1.807, 2.05) is 0 Å². The Hall–Kier alpha value is -4.28. The van der Waals surface area contributed by atoms with E-state index < -0.39 is 0 Å². The summed E-state index contributed by atoms with van der Waals surface area (Å²) in [4.78, 5) is 5.13. The fourth-order valence-electron chi connectivity index (χ4n) is 5.86. The molecule has 0 bridgehead atoms. The predicted molar refractivity (Wildman–Crippen MR) is 164 cm³/mol. The van der Waals surface area contributed by atoms with Crippen LogP contribution in [0.5, 0.6) is 0 Å². The number of rotatable bonds is 5. The van der Waals surface area contributed by atoms with Crippen LogP contribution in [-0.2, 0) is 0 Å². The molecular formula is C35H29N3S. The number of allylic oxidation sites excluding steroid dienone is 1. The van der Waals surface area contributed by atoms with Crippen molar-refractivity contribution in [3.63, 3.8) is 0 Å². The lowest BCUT2D eigenvalue weighted by Crippen LogP contribution is -2.28. The number of hydrogen-bond donors (Lipinski definition) is 0. The molecule has 1 aliphatic heterocycles. The van der Waals surface area contributed by atoms with E-state index in [1.165, 1.54) is 40.0 Å². The summed E-state index contributed by atoms with van der Waals surface area (Å²) in [6, 6.07) is 40.8. The summed E-state index contributed by atoms with van der Waals surface area (Å²) < 4.78 is 0. The van der Waals surface area contributed by atoms with Gasteiger partial charge in [0.15, 0.2) is 0 Å². The van der Waals surface area contributed by atoms with Gasteiger partial charge in [0.1, 0.15) is 0 Å². The molecule has 2 aliphatic rings. The lowest BCUT2D eigenvalue weighted by Gasteiger charge is -2.29. The van der Waals surface area contributed by atoms with E-state index in [0.29, 0.717) is 5.92 Å². The van der Waals surface area contributed by atoms with Crippen LogP contribution in [0.15, 0.2) is 131 Å². The first-order valence-electron chi connectivity index (χ1n) is 13.6. The van der Waals surface area contributed by atoms with E-state index in [-0.39, 0.29) is 6.04 Å². The molecule has 1 fully saturated rings. The van der Waals surface area contributed by atoms with Crippen LogP contribution in [0.3, 0.4) is 0 Å². The summed E-state index contributed by atoms with van der Waals surface area (Å²) in [5.74, 6) is 0.355. The van der Waals surface area contributed by atoms with Crippen molar-refractivity contribution in [3.8, 4) is 22.4 Å². The molecule has 2 unspecified atom stereocenters. The quantitative estimate of drug-likeness (QED) is 0.230. The second-order valence-electron chi connectivity index (χ2n) is 10.2. The standard InChI is InChI=1S/C35H29N3S/c1-4-11-25(12-5-1)23-30-17-10-18-31-33(30)37-38(34(31)29-15-8-3-9-16-29)35-36-32(24-39-35)28-21-19-27(20-22-28)26-13-6-2-7-14-26/h1-9,11-16,19-24,31,34H,10,17-18H2/b30-23-. The first kappa shape index (κ1) is 23.8. The highest BCUT2D eigenvalue weighted by molar-refractivity contribution is 7.14. The predicted octanol–water partition coefficient (Wildman–Crippen LogP) is 9.28. The van der Waals surface area contributed by atoms with Gasteiger partial charge in [-0.3, -0.25) is 0 Å². The Morgan fingerprint density at radius 2 is 1.36 bits per heavy atom. The largest absolute Gasteiger partial charge is 0.231 e. The maximum absolute atomic E-state index is 5.31. The van der Waals surface area contributed by atoms with Crippen molar-refractivity contribution >= 4 is 28.3 Å². The van der Waals surface area contributed by atoms with Gasteiger partial charge in [-0.1, -0.05) is 115 Å². The number of nitrogens with zero attached hydrogens (tertiary/aromatic N) is 3. The zero-order valence-corrected chi connectivity index (χ0v) is 22.5. The summed E-state index contributed by atoms with van der Waals surface area (Å²) in [6.45, 7) is 0. The van der Waals surface area contributed by atoms with Crippen LogP contribution in [0.2, 0.25) is 0 Å². The van der Waals surface area contributed by atoms with Gasteiger partial charge in [-0.2, -0.15) is 5.10 Å². The molecule has 3 nitrogen and oxygen atoms in total. The molecule has 0 radical (unpaired) electrons. The number of fused-ring (bicyclic) bond motifs is 1. The summed E-state index contributed by atoms with van der Waals surface area (Å²) in [6.07, 6.45) is 5.71.